The van der Waals surface area contributed by atoms with Gasteiger partial charge < -0.3 is 15.7 Å². The number of rotatable bonds is 3. The highest BCUT2D eigenvalue weighted by Gasteiger charge is 2.31. The molecule has 0 saturated heterocycles. The van der Waals surface area contributed by atoms with Gasteiger partial charge in [-0.1, -0.05) is 23.7 Å². The molecule has 0 fully saturated rings. The molecule has 106 valence electrons. The maximum Gasteiger partial charge on any atom is 0.337 e. The number of halogens is 1. The van der Waals surface area contributed by atoms with Crippen molar-refractivity contribution in [1.82, 2.24) is 0 Å². The van der Waals surface area contributed by atoms with Crippen LogP contribution < -0.4 is 10.6 Å². The van der Waals surface area contributed by atoms with E-state index in [0.29, 0.717) is 22.0 Å². The fourth-order valence-corrected chi connectivity index (χ4v) is 2.51. The van der Waals surface area contributed by atoms with Crippen LogP contribution in [0.5, 0.6) is 0 Å². The second-order valence-corrected chi connectivity index (χ2v) is 5.09. The summed E-state index contributed by atoms with van der Waals surface area (Å²) in [5.74, 6) is -1.30. The Hall–Kier alpha value is -2.53. The zero-order valence-corrected chi connectivity index (χ0v) is 11.5. The van der Waals surface area contributed by atoms with E-state index in [1.807, 2.05) is 0 Å². The summed E-state index contributed by atoms with van der Waals surface area (Å²) in [5, 5.41) is 15.4. The van der Waals surface area contributed by atoms with Crippen LogP contribution in [0.25, 0.3) is 0 Å². The highest BCUT2D eigenvalue weighted by Crippen LogP contribution is 2.35. The fraction of sp³-hybridized carbons (Fsp3) is 0.0667. The molecule has 0 aliphatic carbocycles. The minimum Gasteiger partial charge on any atom is -0.478 e. The van der Waals surface area contributed by atoms with Crippen LogP contribution in [-0.4, -0.2) is 17.0 Å². The SMILES string of the molecule is O=C(O)c1ccccc1NC1C(=O)Nc2ccc(Cl)cc21. The van der Waals surface area contributed by atoms with Gasteiger partial charge in [-0.25, -0.2) is 4.79 Å². The van der Waals surface area contributed by atoms with Crippen LogP contribution in [0.4, 0.5) is 11.4 Å². The van der Waals surface area contributed by atoms with Crippen molar-refractivity contribution in [2.75, 3.05) is 10.6 Å². The summed E-state index contributed by atoms with van der Waals surface area (Å²) in [4.78, 5) is 23.3. The van der Waals surface area contributed by atoms with Crippen LogP contribution in [-0.2, 0) is 4.79 Å². The third-order valence-electron chi connectivity index (χ3n) is 3.30. The summed E-state index contributed by atoms with van der Waals surface area (Å²) in [7, 11) is 0. The molecule has 21 heavy (non-hydrogen) atoms. The number of hydrogen-bond acceptors (Lipinski definition) is 3. The van der Waals surface area contributed by atoms with Gasteiger partial charge in [-0.15, -0.1) is 0 Å². The van der Waals surface area contributed by atoms with Crippen molar-refractivity contribution in [3.05, 3.63) is 58.6 Å². The van der Waals surface area contributed by atoms with E-state index >= 15 is 0 Å². The third kappa shape index (κ3) is 2.43. The number of anilines is 2. The minimum absolute atomic E-state index is 0.112. The van der Waals surface area contributed by atoms with Crippen LogP contribution in [0.2, 0.25) is 5.02 Å². The Morgan fingerprint density at radius 2 is 2.00 bits per heavy atom. The summed E-state index contributed by atoms with van der Waals surface area (Å²) in [5.41, 5.74) is 1.88. The van der Waals surface area contributed by atoms with Gasteiger partial charge in [-0.2, -0.15) is 0 Å². The lowest BCUT2D eigenvalue weighted by molar-refractivity contribution is -0.116. The van der Waals surface area contributed by atoms with Crippen LogP contribution in [0.3, 0.4) is 0 Å². The summed E-state index contributed by atoms with van der Waals surface area (Å²) in [6, 6.07) is 10.9. The lowest BCUT2D eigenvalue weighted by Crippen LogP contribution is -2.20. The molecule has 3 rings (SSSR count). The van der Waals surface area contributed by atoms with Crippen molar-refractivity contribution in [3.63, 3.8) is 0 Å². The van der Waals surface area contributed by atoms with Crippen molar-refractivity contribution >= 4 is 34.9 Å². The highest BCUT2D eigenvalue weighted by atomic mass is 35.5. The molecule has 0 bridgehead atoms. The molecule has 0 spiro atoms. The number of amides is 1. The second kappa shape index (κ2) is 5.10. The van der Waals surface area contributed by atoms with Crippen molar-refractivity contribution in [2.45, 2.75) is 6.04 Å². The quantitative estimate of drug-likeness (QED) is 0.814. The monoisotopic (exact) mass is 302 g/mol. The molecule has 0 saturated carbocycles. The molecule has 1 atom stereocenters. The number of carboxylic acids is 1. The first-order valence-corrected chi connectivity index (χ1v) is 6.63. The fourth-order valence-electron chi connectivity index (χ4n) is 2.33. The van der Waals surface area contributed by atoms with Crippen LogP contribution >= 0.6 is 11.6 Å². The number of hydrogen-bond donors (Lipinski definition) is 3. The van der Waals surface area contributed by atoms with Gasteiger partial charge in [-0.3, -0.25) is 4.79 Å². The van der Waals surface area contributed by atoms with Crippen molar-refractivity contribution in [1.29, 1.82) is 0 Å². The number of carbonyl (C=O) groups is 2. The molecule has 1 heterocycles. The summed E-state index contributed by atoms with van der Waals surface area (Å²) < 4.78 is 0. The van der Waals surface area contributed by atoms with Gasteiger partial charge in [0.1, 0.15) is 6.04 Å². The van der Waals surface area contributed by atoms with E-state index in [-0.39, 0.29) is 11.5 Å². The van der Waals surface area contributed by atoms with Gasteiger partial charge in [-0.05, 0) is 30.3 Å². The molecule has 6 heteroatoms. The molecule has 1 aliphatic heterocycles. The van der Waals surface area contributed by atoms with E-state index in [9.17, 15) is 14.7 Å². The second-order valence-electron chi connectivity index (χ2n) is 4.65. The Bertz CT molecular complexity index is 745. The van der Waals surface area contributed by atoms with Gasteiger partial charge in [0.25, 0.3) is 5.91 Å². The highest BCUT2D eigenvalue weighted by molar-refractivity contribution is 6.31. The molecule has 3 N–H and O–H groups in total. The van der Waals surface area contributed by atoms with E-state index in [4.69, 9.17) is 11.6 Å². The maximum atomic E-state index is 12.1. The molecule has 2 aromatic rings. The van der Waals surface area contributed by atoms with E-state index in [2.05, 4.69) is 10.6 Å². The van der Waals surface area contributed by atoms with Gasteiger partial charge in [0, 0.05) is 22.0 Å². The Labute approximate surface area is 125 Å². The summed E-state index contributed by atoms with van der Waals surface area (Å²) >= 11 is 5.96. The maximum absolute atomic E-state index is 12.1. The first-order valence-electron chi connectivity index (χ1n) is 6.25. The Morgan fingerprint density at radius 1 is 1.24 bits per heavy atom. The molecular formula is C15H11ClN2O3. The summed E-state index contributed by atoms with van der Waals surface area (Å²) in [6.45, 7) is 0. The zero-order valence-electron chi connectivity index (χ0n) is 10.8. The van der Waals surface area contributed by atoms with Crippen molar-refractivity contribution in [3.8, 4) is 0 Å². The van der Waals surface area contributed by atoms with E-state index in [1.165, 1.54) is 6.07 Å². The number of benzene rings is 2. The Morgan fingerprint density at radius 3 is 2.76 bits per heavy atom. The average Bonchev–Trinajstić information content (AvgIpc) is 2.75. The van der Waals surface area contributed by atoms with E-state index < -0.39 is 12.0 Å². The average molecular weight is 303 g/mol. The molecule has 2 aromatic carbocycles. The molecule has 0 radical (unpaired) electrons. The van der Waals surface area contributed by atoms with Gasteiger partial charge >= 0.3 is 5.97 Å². The smallest absolute Gasteiger partial charge is 0.337 e. The lowest BCUT2D eigenvalue weighted by atomic mass is 10.1. The number of carboxylic acid groups (broad SMARTS) is 1. The number of nitrogens with one attached hydrogen (secondary N) is 2. The molecule has 1 unspecified atom stereocenters. The van der Waals surface area contributed by atoms with Crippen molar-refractivity contribution < 1.29 is 14.7 Å². The lowest BCUT2D eigenvalue weighted by Gasteiger charge is -2.15. The summed E-state index contributed by atoms with van der Waals surface area (Å²) in [6.07, 6.45) is 0. The Balaban J connectivity index is 1.98. The first kappa shape index (κ1) is 13.5. The first-order chi connectivity index (χ1) is 10.1. The topological polar surface area (TPSA) is 78.4 Å². The number of para-hydroxylation sites is 1. The van der Waals surface area contributed by atoms with E-state index in [0.717, 1.165) is 0 Å². The van der Waals surface area contributed by atoms with Crippen LogP contribution in [0.1, 0.15) is 22.0 Å². The largest absolute Gasteiger partial charge is 0.478 e. The molecule has 0 aromatic heterocycles. The van der Waals surface area contributed by atoms with Crippen molar-refractivity contribution in [2.24, 2.45) is 0 Å². The van der Waals surface area contributed by atoms with Gasteiger partial charge in [0.2, 0.25) is 0 Å². The Kier molecular flexibility index (Phi) is 3.27. The zero-order chi connectivity index (χ0) is 15.0. The van der Waals surface area contributed by atoms with E-state index in [1.54, 1.807) is 36.4 Å². The number of carbonyl (C=O) groups excluding carboxylic acids is 1. The normalized spacial score (nSPS) is 16.2. The van der Waals surface area contributed by atoms with Gasteiger partial charge in [0.15, 0.2) is 0 Å². The van der Waals surface area contributed by atoms with Gasteiger partial charge in [0.05, 0.1) is 5.56 Å². The molecule has 1 amide bonds. The predicted molar refractivity (Wildman–Crippen MR) is 79.8 cm³/mol. The molecule has 5 nitrogen and oxygen atoms in total. The number of aromatic carboxylic acids is 1. The van der Waals surface area contributed by atoms with Crippen LogP contribution in [0.15, 0.2) is 42.5 Å². The molecular weight excluding hydrogens is 292 g/mol. The predicted octanol–water partition coefficient (Wildman–Crippen LogP) is 3.14. The molecule has 1 aliphatic rings. The third-order valence-corrected chi connectivity index (χ3v) is 3.54. The number of fused-ring (bicyclic) bond motifs is 1. The standard InChI is InChI=1S/C15H11ClN2O3/c16-8-5-6-12-10(7-8)13(14(19)18-12)17-11-4-2-1-3-9(11)15(20)21/h1-7,13,17H,(H,18,19)(H,20,21). The minimum atomic E-state index is -1.05. The van der Waals surface area contributed by atoms with Crippen LogP contribution in [0, 0.1) is 0 Å².